The summed E-state index contributed by atoms with van der Waals surface area (Å²) in [5.74, 6) is -0.556. The van der Waals surface area contributed by atoms with Crippen molar-refractivity contribution in [2.24, 2.45) is 0 Å². The maximum atomic E-state index is 12.9. The van der Waals surface area contributed by atoms with E-state index in [2.05, 4.69) is 5.32 Å². The Morgan fingerprint density at radius 3 is 2.43 bits per heavy atom. The van der Waals surface area contributed by atoms with Gasteiger partial charge in [-0.2, -0.15) is 4.31 Å². The number of halogens is 1. The van der Waals surface area contributed by atoms with Crippen molar-refractivity contribution in [3.8, 4) is 0 Å². The van der Waals surface area contributed by atoms with Gasteiger partial charge in [0.25, 0.3) is 5.91 Å². The quantitative estimate of drug-likeness (QED) is 0.803. The maximum Gasteiger partial charge on any atom is 0.251 e. The Hall–Kier alpha value is -2.25. The predicted molar refractivity (Wildman–Crippen MR) is 106 cm³/mol. The minimum Gasteiger partial charge on any atom is -0.352 e. The van der Waals surface area contributed by atoms with Crippen LogP contribution >= 0.6 is 0 Å². The smallest absolute Gasteiger partial charge is 0.251 e. The third kappa shape index (κ3) is 4.77. The van der Waals surface area contributed by atoms with Crippen LogP contribution in [0.3, 0.4) is 0 Å². The zero-order valence-corrected chi connectivity index (χ0v) is 16.7. The van der Waals surface area contributed by atoms with E-state index in [1.807, 2.05) is 6.92 Å². The summed E-state index contributed by atoms with van der Waals surface area (Å²) in [5, 5.41) is 2.80. The highest BCUT2D eigenvalue weighted by Crippen LogP contribution is 2.25. The molecule has 7 heteroatoms. The van der Waals surface area contributed by atoms with Gasteiger partial charge < -0.3 is 5.32 Å². The van der Waals surface area contributed by atoms with Gasteiger partial charge >= 0.3 is 0 Å². The molecule has 0 spiro atoms. The highest BCUT2D eigenvalue weighted by atomic mass is 32.2. The lowest BCUT2D eigenvalue weighted by atomic mass is 10.1. The molecule has 0 aliphatic carbocycles. The zero-order valence-electron chi connectivity index (χ0n) is 15.9. The van der Waals surface area contributed by atoms with Crippen LogP contribution in [0.4, 0.5) is 4.39 Å². The second-order valence-electron chi connectivity index (χ2n) is 7.12. The third-order valence-electron chi connectivity index (χ3n) is 5.08. The van der Waals surface area contributed by atoms with Crippen LogP contribution in [0, 0.1) is 5.82 Å². The summed E-state index contributed by atoms with van der Waals surface area (Å²) in [6.45, 7) is 2.88. The number of amides is 1. The summed E-state index contributed by atoms with van der Waals surface area (Å²) in [5.41, 5.74) is 1.34. The Morgan fingerprint density at radius 1 is 1.11 bits per heavy atom. The Labute approximate surface area is 165 Å². The molecule has 1 heterocycles. The van der Waals surface area contributed by atoms with E-state index in [1.165, 1.54) is 36.4 Å². The number of carbonyl (C=O) groups is 1. The van der Waals surface area contributed by atoms with Gasteiger partial charge in [0.05, 0.1) is 4.90 Å². The molecule has 1 amide bonds. The number of hydrogen-bond acceptors (Lipinski definition) is 3. The zero-order chi connectivity index (χ0) is 20.1. The molecule has 0 unspecified atom stereocenters. The molecule has 1 aliphatic rings. The average Bonchev–Trinajstić information content (AvgIpc) is 2.69. The highest BCUT2D eigenvalue weighted by Gasteiger charge is 2.30. The lowest BCUT2D eigenvalue weighted by molar-refractivity contribution is 0.0954. The SMILES string of the molecule is C[C@@H]1CCCCN1S(=O)(=O)c1ccc(C(=O)NCCc2ccc(F)cc2)cc1. The molecule has 0 radical (unpaired) electrons. The van der Waals surface area contributed by atoms with Crippen molar-refractivity contribution < 1.29 is 17.6 Å². The fraction of sp³-hybridized carbons (Fsp3) is 0.381. The molecule has 0 aromatic heterocycles. The second-order valence-corrected chi connectivity index (χ2v) is 9.01. The van der Waals surface area contributed by atoms with Crippen molar-refractivity contribution in [2.45, 2.75) is 43.5 Å². The molecule has 0 bridgehead atoms. The van der Waals surface area contributed by atoms with Gasteiger partial charge in [0.15, 0.2) is 0 Å². The van der Waals surface area contributed by atoms with Crippen molar-refractivity contribution in [1.29, 1.82) is 0 Å². The first-order valence-corrected chi connectivity index (χ1v) is 11.0. The first-order chi connectivity index (χ1) is 13.4. The van der Waals surface area contributed by atoms with Gasteiger partial charge in [0.2, 0.25) is 10.0 Å². The van der Waals surface area contributed by atoms with E-state index in [4.69, 9.17) is 0 Å². The first kappa shape index (κ1) is 20.5. The number of hydrogen-bond donors (Lipinski definition) is 1. The Kier molecular flexibility index (Phi) is 6.46. The lowest BCUT2D eigenvalue weighted by Crippen LogP contribution is -2.41. The van der Waals surface area contributed by atoms with Crippen LogP contribution in [0.15, 0.2) is 53.4 Å². The van der Waals surface area contributed by atoms with Crippen molar-refractivity contribution in [1.82, 2.24) is 9.62 Å². The molecule has 1 fully saturated rings. The summed E-state index contributed by atoms with van der Waals surface area (Å²) in [6, 6.07) is 12.2. The number of carbonyl (C=O) groups excluding carboxylic acids is 1. The van der Waals surface area contributed by atoms with Crippen LogP contribution in [0.5, 0.6) is 0 Å². The fourth-order valence-corrected chi connectivity index (χ4v) is 5.12. The number of nitrogens with one attached hydrogen (secondary N) is 1. The number of rotatable bonds is 6. The molecule has 2 aromatic carbocycles. The van der Waals surface area contributed by atoms with Gasteiger partial charge in [-0.1, -0.05) is 18.6 Å². The van der Waals surface area contributed by atoms with Gasteiger partial charge in [-0.3, -0.25) is 4.79 Å². The minimum absolute atomic E-state index is 0.00631. The summed E-state index contributed by atoms with van der Waals surface area (Å²) in [7, 11) is -3.54. The molecule has 0 saturated carbocycles. The summed E-state index contributed by atoms with van der Waals surface area (Å²) in [6.07, 6.45) is 3.38. The minimum atomic E-state index is -3.54. The number of sulfonamides is 1. The largest absolute Gasteiger partial charge is 0.352 e. The highest BCUT2D eigenvalue weighted by molar-refractivity contribution is 7.89. The molecule has 3 rings (SSSR count). The number of benzene rings is 2. The van der Waals surface area contributed by atoms with Crippen LogP contribution in [0.2, 0.25) is 0 Å². The topological polar surface area (TPSA) is 66.5 Å². The van der Waals surface area contributed by atoms with E-state index < -0.39 is 10.0 Å². The van der Waals surface area contributed by atoms with Crippen LogP contribution in [-0.2, 0) is 16.4 Å². The fourth-order valence-electron chi connectivity index (χ4n) is 3.42. The molecule has 1 N–H and O–H groups in total. The van der Waals surface area contributed by atoms with E-state index in [9.17, 15) is 17.6 Å². The summed E-state index contributed by atoms with van der Waals surface area (Å²) < 4.78 is 40.1. The van der Waals surface area contributed by atoms with E-state index in [0.29, 0.717) is 25.1 Å². The van der Waals surface area contributed by atoms with Crippen molar-refractivity contribution in [2.75, 3.05) is 13.1 Å². The first-order valence-electron chi connectivity index (χ1n) is 9.52. The van der Waals surface area contributed by atoms with Gasteiger partial charge in [-0.05, 0) is 68.1 Å². The monoisotopic (exact) mass is 404 g/mol. The summed E-state index contributed by atoms with van der Waals surface area (Å²) in [4.78, 5) is 12.5. The van der Waals surface area contributed by atoms with Gasteiger partial charge in [-0.25, -0.2) is 12.8 Å². The van der Waals surface area contributed by atoms with Gasteiger partial charge in [-0.15, -0.1) is 0 Å². The maximum absolute atomic E-state index is 12.9. The van der Waals surface area contributed by atoms with Crippen LogP contribution in [0.1, 0.15) is 42.1 Å². The molecule has 28 heavy (non-hydrogen) atoms. The van der Waals surface area contributed by atoms with Gasteiger partial charge in [0.1, 0.15) is 5.82 Å². The average molecular weight is 405 g/mol. The van der Waals surface area contributed by atoms with E-state index >= 15 is 0 Å². The Balaban J connectivity index is 1.60. The van der Waals surface area contributed by atoms with Crippen LogP contribution < -0.4 is 5.32 Å². The van der Waals surface area contributed by atoms with E-state index in [-0.39, 0.29) is 22.7 Å². The lowest BCUT2D eigenvalue weighted by Gasteiger charge is -2.32. The van der Waals surface area contributed by atoms with Crippen molar-refractivity contribution >= 4 is 15.9 Å². The van der Waals surface area contributed by atoms with Crippen molar-refractivity contribution in [3.63, 3.8) is 0 Å². The van der Waals surface area contributed by atoms with Crippen LogP contribution in [-0.4, -0.2) is 37.8 Å². The second kappa shape index (κ2) is 8.84. The number of nitrogens with zero attached hydrogens (tertiary/aromatic N) is 1. The normalized spacial score (nSPS) is 18.0. The molecular weight excluding hydrogens is 379 g/mol. The molecular formula is C21H25FN2O3S. The predicted octanol–water partition coefficient (Wildman–Crippen LogP) is 3.36. The number of piperidine rings is 1. The molecule has 1 atom stereocenters. The third-order valence-corrected chi connectivity index (χ3v) is 7.11. The molecule has 1 saturated heterocycles. The van der Waals surface area contributed by atoms with E-state index in [1.54, 1.807) is 16.4 Å². The Bertz CT molecular complexity index is 912. The Morgan fingerprint density at radius 2 is 1.79 bits per heavy atom. The standard InChI is InChI=1S/C21H25FN2O3S/c1-16-4-2-3-15-24(16)28(26,27)20-11-7-18(8-12-20)21(25)23-14-13-17-5-9-19(22)10-6-17/h5-12,16H,2-4,13-15H2,1H3,(H,23,25)/t16-/m1/s1. The van der Waals surface area contributed by atoms with Crippen LogP contribution in [0.25, 0.3) is 0 Å². The molecule has 2 aromatic rings. The van der Waals surface area contributed by atoms with Crippen molar-refractivity contribution in [3.05, 3.63) is 65.5 Å². The van der Waals surface area contributed by atoms with Gasteiger partial charge in [0, 0.05) is 24.7 Å². The van der Waals surface area contributed by atoms with E-state index in [0.717, 1.165) is 24.8 Å². The molecule has 5 nitrogen and oxygen atoms in total. The molecule has 1 aliphatic heterocycles. The summed E-state index contributed by atoms with van der Waals surface area (Å²) >= 11 is 0. The molecule has 150 valence electrons.